The predicted molar refractivity (Wildman–Crippen MR) is 99.8 cm³/mol. The molecule has 0 aliphatic rings. The first kappa shape index (κ1) is 14.7. The van der Waals surface area contributed by atoms with Gasteiger partial charge in [-0.2, -0.15) is 0 Å². The van der Waals surface area contributed by atoms with Crippen molar-refractivity contribution in [2.24, 2.45) is 0 Å². The molecule has 22 heavy (non-hydrogen) atoms. The Hall–Kier alpha value is -2.19. The predicted octanol–water partition coefficient (Wildman–Crippen LogP) is 6.26. The van der Waals surface area contributed by atoms with Gasteiger partial charge in [-0.1, -0.05) is 61.7 Å². The molecule has 0 saturated heterocycles. The van der Waals surface area contributed by atoms with Crippen molar-refractivity contribution < 1.29 is 0 Å². The summed E-state index contributed by atoms with van der Waals surface area (Å²) in [6.45, 7) is 9.98. The van der Waals surface area contributed by atoms with E-state index in [-0.39, 0.29) is 0 Å². The Balaban J connectivity index is 2.35. The lowest BCUT2D eigenvalue weighted by Gasteiger charge is -2.14. The van der Waals surface area contributed by atoms with Crippen LogP contribution in [-0.4, -0.2) is 4.98 Å². The zero-order valence-electron chi connectivity index (χ0n) is 12.4. The number of fused-ring (bicyclic) bond motifs is 1. The Morgan fingerprint density at radius 2 is 1.73 bits per heavy atom. The number of aryl methyl sites for hydroxylation is 1. The van der Waals surface area contributed by atoms with Crippen molar-refractivity contribution in [2.75, 3.05) is 0 Å². The van der Waals surface area contributed by atoms with Crippen molar-refractivity contribution >= 4 is 38.9 Å². The number of hydrogen-bond donors (Lipinski definition) is 0. The minimum atomic E-state index is 0.928. The molecule has 0 bridgehead atoms. The van der Waals surface area contributed by atoms with Gasteiger partial charge in [0.1, 0.15) is 0 Å². The molecule has 1 aromatic heterocycles. The quantitative estimate of drug-likeness (QED) is 0.543. The molecule has 0 atom stereocenters. The van der Waals surface area contributed by atoms with E-state index in [4.69, 9.17) is 0 Å². The highest BCUT2D eigenvalue weighted by molar-refractivity contribution is 9.10. The molecule has 108 valence electrons. The highest BCUT2D eigenvalue weighted by atomic mass is 79.9. The minimum Gasteiger partial charge on any atom is -0.254 e. The first-order valence-corrected chi connectivity index (χ1v) is 7.88. The molecule has 0 saturated carbocycles. The van der Waals surface area contributed by atoms with E-state index in [2.05, 4.69) is 65.3 Å². The van der Waals surface area contributed by atoms with Crippen LogP contribution in [0.2, 0.25) is 0 Å². The van der Waals surface area contributed by atoms with Crippen molar-refractivity contribution in [3.05, 3.63) is 76.9 Å². The van der Waals surface area contributed by atoms with Crippen LogP contribution in [0.25, 0.3) is 34.2 Å². The fourth-order valence-electron chi connectivity index (χ4n) is 2.76. The lowest BCUT2D eigenvalue weighted by molar-refractivity contribution is 1.32. The SMILES string of the molecule is C=Cc1c(C)ccc(-c2ncc3ccccc3c2Br)c1C=C. The molecule has 0 fully saturated rings. The summed E-state index contributed by atoms with van der Waals surface area (Å²) in [7, 11) is 0. The number of nitrogens with zero attached hydrogens (tertiary/aromatic N) is 1. The molecule has 2 heteroatoms. The Bertz CT molecular complexity index is 894. The molecule has 1 heterocycles. The van der Waals surface area contributed by atoms with Crippen molar-refractivity contribution in [3.63, 3.8) is 0 Å². The van der Waals surface area contributed by atoms with Crippen LogP contribution in [0.5, 0.6) is 0 Å². The molecule has 1 nitrogen and oxygen atoms in total. The third-order valence-electron chi connectivity index (χ3n) is 3.91. The number of halogens is 1. The molecule has 0 aliphatic carbocycles. The van der Waals surface area contributed by atoms with Gasteiger partial charge in [0.15, 0.2) is 0 Å². The van der Waals surface area contributed by atoms with Crippen molar-refractivity contribution in [1.82, 2.24) is 4.98 Å². The van der Waals surface area contributed by atoms with Gasteiger partial charge in [-0.05, 0) is 44.9 Å². The van der Waals surface area contributed by atoms with Crippen molar-refractivity contribution in [2.45, 2.75) is 6.92 Å². The average molecular weight is 350 g/mol. The Morgan fingerprint density at radius 1 is 1.00 bits per heavy atom. The maximum atomic E-state index is 4.66. The van der Waals surface area contributed by atoms with Crippen LogP contribution in [0.3, 0.4) is 0 Å². The van der Waals surface area contributed by atoms with E-state index in [1.165, 1.54) is 5.56 Å². The molecular formula is C20H16BrN. The summed E-state index contributed by atoms with van der Waals surface area (Å²) in [4.78, 5) is 4.66. The Labute approximate surface area is 139 Å². The van der Waals surface area contributed by atoms with Crippen LogP contribution in [-0.2, 0) is 0 Å². The second kappa shape index (κ2) is 5.90. The lowest BCUT2D eigenvalue weighted by atomic mass is 9.94. The van der Waals surface area contributed by atoms with E-state index in [0.29, 0.717) is 0 Å². The van der Waals surface area contributed by atoms with Crippen LogP contribution >= 0.6 is 15.9 Å². The maximum Gasteiger partial charge on any atom is 0.0856 e. The third-order valence-corrected chi connectivity index (χ3v) is 4.71. The minimum absolute atomic E-state index is 0.928. The average Bonchev–Trinajstić information content (AvgIpc) is 2.55. The summed E-state index contributed by atoms with van der Waals surface area (Å²) in [5.41, 5.74) is 5.35. The summed E-state index contributed by atoms with van der Waals surface area (Å²) in [5, 5.41) is 2.28. The first-order chi connectivity index (χ1) is 10.7. The number of rotatable bonds is 3. The fraction of sp³-hybridized carbons (Fsp3) is 0.0500. The molecular weight excluding hydrogens is 334 g/mol. The van der Waals surface area contributed by atoms with E-state index in [1.807, 2.05) is 30.5 Å². The molecule has 2 aromatic carbocycles. The van der Waals surface area contributed by atoms with Gasteiger partial charge in [0.2, 0.25) is 0 Å². The largest absolute Gasteiger partial charge is 0.254 e. The van der Waals surface area contributed by atoms with Gasteiger partial charge in [0, 0.05) is 17.1 Å². The summed E-state index contributed by atoms with van der Waals surface area (Å²) in [6, 6.07) is 12.4. The van der Waals surface area contributed by atoms with Crippen LogP contribution in [0.1, 0.15) is 16.7 Å². The van der Waals surface area contributed by atoms with Gasteiger partial charge >= 0.3 is 0 Å². The molecule has 0 radical (unpaired) electrons. The van der Waals surface area contributed by atoms with E-state index < -0.39 is 0 Å². The monoisotopic (exact) mass is 349 g/mol. The smallest absolute Gasteiger partial charge is 0.0856 e. The molecule has 0 aliphatic heterocycles. The van der Waals surface area contributed by atoms with Gasteiger partial charge in [0.25, 0.3) is 0 Å². The van der Waals surface area contributed by atoms with Gasteiger partial charge in [0.05, 0.1) is 10.2 Å². The number of pyridine rings is 1. The summed E-state index contributed by atoms with van der Waals surface area (Å²) < 4.78 is 1.01. The second-order valence-electron chi connectivity index (χ2n) is 5.17. The van der Waals surface area contributed by atoms with E-state index in [0.717, 1.165) is 37.6 Å². The van der Waals surface area contributed by atoms with E-state index in [1.54, 1.807) is 0 Å². The first-order valence-electron chi connectivity index (χ1n) is 7.09. The number of hydrogen-bond acceptors (Lipinski definition) is 1. The zero-order chi connectivity index (χ0) is 15.7. The highest BCUT2D eigenvalue weighted by Crippen LogP contribution is 2.36. The lowest BCUT2D eigenvalue weighted by Crippen LogP contribution is -1.94. The molecule has 0 N–H and O–H groups in total. The van der Waals surface area contributed by atoms with Gasteiger partial charge in [-0.3, -0.25) is 4.98 Å². The van der Waals surface area contributed by atoms with Gasteiger partial charge in [-0.25, -0.2) is 0 Å². The van der Waals surface area contributed by atoms with Crippen LogP contribution in [0.4, 0.5) is 0 Å². The van der Waals surface area contributed by atoms with Crippen LogP contribution in [0.15, 0.2) is 60.2 Å². The number of benzene rings is 2. The fourth-order valence-corrected chi connectivity index (χ4v) is 3.44. The molecule has 0 unspecified atom stereocenters. The second-order valence-corrected chi connectivity index (χ2v) is 5.97. The summed E-state index contributed by atoms with van der Waals surface area (Å²) in [5.74, 6) is 0. The maximum absolute atomic E-state index is 4.66. The van der Waals surface area contributed by atoms with E-state index in [9.17, 15) is 0 Å². The van der Waals surface area contributed by atoms with Crippen molar-refractivity contribution in [1.29, 1.82) is 0 Å². The normalized spacial score (nSPS) is 10.6. The highest BCUT2D eigenvalue weighted by Gasteiger charge is 2.14. The Morgan fingerprint density at radius 3 is 2.45 bits per heavy atom. The standard InChI is InChI=1S/C20H16BrN/c1-4-15-13(3)10-11-18(16(15)5-2)20-19(21)17-9-7-6-8-14(17)12-22-20/h4-12H,1-2H2,3H3. The van der Waals surface area contributed by atoms with Gasteiger partial charge < -0.3 is 0 Å². The molecule has 3 rings (SSSR count). The molecule has 0 spiro atoms. The Kier molecular flexibility index (Phi) is 3.95. The number of aromatic nitrogens is 1. The topological polar surface area (TPSA) is 12.9 Å². The third kappa shape index (κ3) is 2.30. The zero-order valence-corrected chi connectivity index (χ0v) is 14.0. The van der Waals surface area contributed by atoms with Crippen LogP contribution < -0.4 is 0 Å². The van der Waals surface area contributed by atoms with Crippen molar-refractivity contribution in [3.8, 4) is 11.3 Å². The van der Waals surface area contributed by atoms with E-state index >= 15 is 0 Å². The van der Waals surface area contributed by atoms with Gasteiger partial charge in [-0.15, -0.1) is 0 Å². The van der Waals surface area contributed by atoms with Crippen LogP contribution in [0, 0.1) is 6.92 Å². The molecule has 0 amide bonds. The molecule has 3 aromatic rings. The summed E-state index contributed by atoms with van der Waals surface area (Å²) >= 11 is 3.72. The summed E-state index contributed by atoms with van der Waals surface area (Å²) in [6.07, 6.45) is 5.67.